The summed E-state index contributed by atoms with van der Waals surface area (Å²) in [7, 11) is 4.35. The molecule has 1 N–H and O–H groups in total. The molecule has 0 radical (unpaired) electrons. The second-order valence-electron chi connectivity index (χ2n) is 7.58. The Balaban J connectivity index is 1.41. The zero-order valence-corrected chi connectivity index (χ0v) is 14.6. The molecule has 126 valence electrons. The number of aryl methyl sites for hydroxylation is 1. The summed E-state index contributed by atoms with van der Waals surface area (Å²) in [6.45, 7) is 0.868. The van der Waals surface area contributed by atoms with E-state index >= 15 is 0 Å². The van der Waals surface area contributed by atoms with Gasteiger partial charge in [-0.15, -0.1) is 0 Å². The lowest BCUT2D eigenvalue weighted by atomic mass is 9.85. The van der Waals surface area contributed by atoms with E-state index in [1.165, 1.54) is 36.8 Å². The van der Waals surface area contributed by atoms with E-state index in [4.69, 9.17) is 0 Å². The van der Waals surface area contributed by atoms with Crippen molar-refractivity contribution in [3.63, 3.8) is 0 Å². The quantitative estimate of drug-likeness (QED) is 0.904. The maximum Gasteiger partial charge on any atom is 0.220 e. The summed E-state index contributed by atoms with van der Waals surface area (Å²) in [4.78, 5) is 14.6. The molecule has 0 saturated heterocycles. The first-order valence-electron chi connectivity index (χ1n) is 9.14. The van der Waals surface area contributed by atoms with Crippen LogP contribution in [-0.4, -0.2) is 37.5 Å². The van der Waals surface area contributed by atoms with Crippen molar-refractivity contribution in [2.45, 2.75) is 56.9 Å². The third-order valence-electron chi connectivity index (χ3n) is 5.82. The molecule has 0 aromatic heterocycles. The van der Waals surface area contributed by atoms with Gasteiger partial charge in [-0.1, -0.05) is 24.3 Å². The molecule has 0 heterocycles. The van der Waals surface area contributed by atoms with Gasteiger partial charge < -0.3 is 10.2 Å². The van der Waals surface area contributed by atoms with E-state index in [0.29, 0.717) is 18.3 Å². The molecule has 1 saturated carbocycles. The predicted molar refractivity (Wildman–Crippen MR) is 94.6 cm³/mol. The molecule has 23 heavy (non-hydrogen) atoms. The van der Waals surface area contributed by atoms with Crippen LogP contribution in [0.15, 0.2) is 24.3 Å². The van der Waals surface area contributed by atoms with Crippen molar-refractivity contribution in [3.8, 4) is 0 Å². The van der Waals surface area contributed by atoms with Gasteiger partial charge in [-0.3, -0.25) is 4.79 Å². The fourth-order valence-electron chi connectivity index (χ4n) is 4.28. The summed E-state index contributed by atoms with van der Waals surface area (Å²) < 4.78 is 0. The van der Waals surface area contributed by atoms with Crippen LogP contribution < -0.4 is 5.32 Å². The van der Waals surface area contributed by atoms with Crippen LogP contribution in [0.5, 0.6) is 0 Å². The molecule has 2 aliphatic rings. The Morgan fingerprint density at radius 3 is 2.61 bits per heavy atom. The largest absolute Gasteiger partial charge is 0.356 e. The van der Waals surface area contributed by atoms with E-state index in [1.54, 1.807) is 0 Å². The van der Waals surface area contributed by atoms with Crippen LogP contribution in [0.25, 0.3) is 0 Å². The second-order valence-corrected chi connectivity index (χ2v) is 7.58. The van der Waals surface area contributed by atoms with E-state index in [1.807, 2.05) is 0 Å². The number of rotatable bonds is 5. The Hall–Kier alpha value is -1.35. The molecule has 1 amide bonds. The van der Waals surface area contributed by atoms with Crippen molar-refractivity contribution >= 4 is 5.91 Å². The summed E-state index contributed by atoms with van der Waals surface area (Å²) in [6.07, 6.45) is 7.94. The number of hydrogen-bond acceptors (Lipinski definition) is 2. The van der Waals surface area contributed by atoms with Crippen LogP contribution in [0.1, 0.15) is 55.6 Å². The lowest BCUT2D eigenvalue weighted by molar-refractivity contribution is -0.121. The summed E-state index contributed by atoms with van der Waals surface area (Å²) in [5, 5.41) is 3.20. The summed E-state index contributed by atoms with van der Waals surface area (Å²) in [5.74, 6) is 1.34. The number of amides is 1. The molecule has 1 unspecified atom stereocenters. The van der Waals surface area contributed by atoms with Crippen LogP contribution in [0.3, 0.4) is 0 Å². The van der Waals surface area contributed by atoms with Crippen LogP contribution >= 0.6 is 0 Å². The minimum atomic E-state index is 0.237. The Kier molecular flexibility index (Phi) is 5.37. The number of carbonyl (C=O) groups is 1. The van der Waals surface area contributed by atoms with Gasteiger partial charge in [0, 0.05) is 19.0 Å². The number of fused-ring (bicyclic) bond motifs is 1. The molecule has 3 rings (SSSR count). The van der Waals surface area contributed by atoms with Crippen molar-refractivity contribution < 1.29 is 4.79 Å². The highest BCUT2D eigenvalue weighted by Gasteiger charge is 2.25. The van der Waals surface area contributed by atoms with Crippen molar-refractivity contribution in [3.05, 3.63) is 35.4 Å². The van der Waals surface area contributed by atoms with Crippen molar-refractivity contribution in [2.24, 2.45) is 5.92 Å². The van der Waals surface area contributed by atoms with Gasteiger partial charge in [0.1, 0.15) is 0 Å². The Labute approximate surface area is 140 Å². The lowest BCUT2D eigenvalue weighted by Crippen LogP contribution is -2.36. The number of benzene rings is 1. The van der Waals surface area contributed by atoms with Gasteiger partial charge in [-0.25, -0.2) is 0 Å². The SMILES string of the molecule is CN(C)C1CCC(CNC(=O)CC2CCc3ccccc32)CC1. The standard InChI is InChI=1S/C20H30N2O/c1-22(2)18-11-7-15(8-12-18)14-21-20(23)13-17-10-9-16-5-3-4-6-19(16)17/h3-6,15,17-18H,7-14H2,1-2H3,(H,21,23). The predicted octanol–water partition coefficient (Wildman–Crippen LogP) is 3.34. The molecule has 3 heteroatoms. The molecule has 1 aromatic rings. The highest BCUT2D eigenvalue weighted by Crippen LogP contribution is 2.35. The van der Waals surface area contributed by atoms with E-state index < -0.39 is 0 Å². The number of carbonyl (C=O) groups excluding carboxylic acids is 1. The van der Waals surface area contributed by atoms with E-state index in [9.17, 15) is 4.79 Å². The van der Waals surface area contributed by atoms with Crippen molar-refractivity contribution in [1.29, 1.82) is 0 Å². The molecule has 0 bridgehead atoms. The molecule has 2 aliphatic carbocycles. The highest BCUT2D eigenvalue weighted by molar-refractivity contribution is 5.77. The first kappa shape index (κ1) is 16.5. The van der Waals surface area contributed by atoms with Crippen LogP contribution in [0.4, 0.5) is 0 Å². The minimum Gasteiger partial charge on any atom is -0.356 e. The van der Waals surface area contributed by atoms with Gasteiger partial charge in [0.2, 0.25) is 5.91 Å². The molecular weight excluding hydrogens is 284 g/mol. The fraction of sp³-hybridized carbons (Fsp3) is 0.650. The molecule has 1 fully saturated rings. The van der Waals surface area contributed by atoms with Gasteiger partial charge in [0.15, 0.2) is 0 Å². The summed E-state index contributed by atoms with van der Waals surface area (Å²) in [6, 6.07) is 9.33. The molecular formula is C20H30N2O. The monoisotopic (exact) mass is 314 g/mol. The van der Waals surface area contributed by atoms with Gasteiger partial charge in [-0.2, -0.15) is 0 Å². The van der Waals surface area contributed by atoms with E-state index in [2.05, 4.69) is 48.6 Å². The normalized spacial score (nSPS) is 27.0. The zero-order valence-electron chi connectivity index (χ0n) is 14.6. The van der Waals surface area contributed by atoms with Crippen molar-refractivity contribution in [2.75, 3.05) is 20.6 Å². The fourth-order valence-corrected chi connectivity index (χ4v) is 4.28. The van der Waals surface area contributed by atoms with E-state index in [0.717, 1.165) is 25.4 Å². The van der Waals surface area contributed by atoms with Gasteiger partial charge in [-0.05, 0) is 75.6 Å². The molecule has 3 nitrogen and oxygen atoms in total. The van der Waals surface area contributed by atoms with E-state index in [-0.39, 0.29) is 5.91 Å². The molecule has 0 spiro atoms. The average molecular weight is 314 g/mol. The topological polar surface area (TPSA) is 32.3 Å². The Morgan fingerprint density at radius 2 is 1.87 bits per heavy atom. The minimum absolute atomic E-state index is 0.237. The highest BCUT2D eigenvalue weighted by atomic mass is 16.1. The zero-order chi connectivity index (χ0) is 16.2. The third kappa shape index (κ3) is 4.14. The maximum atomic E-state index is 12.3. The molecule has 1 aromatic carbocycles. The Bertz CT molecular complexity index is 532. The second kappa shape index (κ2) is 7.48. The van der Waals surface area contributed by atoms with Crippen LogP contribution in [0.2, 0.25) is 0 Å². The first-order chi connectivity index (χ1) is 11.1. The smallest absolute Gasteiger partial charge is 0.220 e. The molecule has 1 atom stereocenters. The average Bonchev–Trinajstić information content (AvgIpc) is 2.96. The maximum absolute atomic E-state index is 12.3. The Morgan fingerprint density at radius 1 is 1.13 bits per heavy atom. The number of nitrogens with zero attached hydrogens (tertiary/aromatic N) is 1. The van der Waals surface area contributed by atoms with Gasteiger partial charge in [0.05, 0.1) is 0 Å². The van der Waals surface area contributed by atoms with Crippen LogP contribution in [-0.2, 0) is 11.2 Å². The van der Waals surface area contributed by atoms with Crippen molar-refractivity contribution in [1.82, 2.24) is 10.2 Å². The third-order valence-corrected chi connectivity index (χ3v) is 5.82. The number of nitrogens with one attached hydrogen (secondary N) is 1. The first-order valence-corrected chi connectivity index (χ1v) is 9.14. The van der Waals surface area contributed by atoms with Gasteiger partial charge >= 0.3 is 0 Å². The van der Waals surface area contributed by atoms with Gasteiger partial charge in [0.25, 0.3) is 0 Å². The van der Waals surface area contributed by atoms with Crippen LogP contribution in [0, 0.1) is 5.92 Å². The lowest BCUT2D eigenvalue weighted by Gasteiger charge is -2.32. The number of hydrogen-bond donors (Lipinski definition) is 1. The summed E-state index contributed by atoms with van der Waals surface area (Å²) in [5.41, 5.74) is 2.83. The molecule has 0 aliphatic heterocycles. The summed E-state index contributed by atoms with van der Waals surface area (Å²) >= 11 is 0.